The summed E-state index contributed by atoms with van der Waals surface area (Å²) in [4.78, 5) is 4.83. The maximum Gasteiger partial charge on any atom is 0.0558 e. The summed E-state index contributed by atoms with van der Waals surface area (Å²) >= 11 is 0. The normalized spacial score (nSPS) is 20.9. The highest BCUT2D eigenvalue weighted by atomic mass is 16.3. The Kier molecular flexibility index (Phi) is 5.37. The lowest BCUT2D eigenvalue weighted by molar-refractivity contribution is 0.0970. The van der Waals surface area contributed by atoms with Crippen molar-refractivity contribution in [2.24, 2.45) is 0 Å². The molecule has 3 nitrogen and oxygen atoms in total. The van der Waals surface area contributed by atoms with Gasteiger partial charge in [0, 0.05) is 25.7 Å². The van der Waals surface area contributed by atoms with Crippen LogP contribution >= 0.6 is 0 Å². The van der Waals surface area contributed by atoms with E-state index in [9.17, 15) is 0 Å². The number of aliphatic hydroxyl groups excluding tert-OH is 1. The molecule has 3 heteroatoms. The Morgan fingerprint density at radius 1 is 1.32 bits per heavy atom. The molecule has 0 spiro atoms. The number of piperidine rings is 1. The van der Waals surface area contributed by atoms with Gasteiger partial charge in [0.25, 0.3) is 0 Å². The molecule has 1 heterocycles. The zero-order valence-corrected chi connectivity index (χ0v) is 12.2. The summed E-state index contributed by atoms with van der Waals surface area (Å²) in [5.41, 5.74) is 2.72. The largest absolute Gasteiger partial charge is 0.395 e. The number of likely N-dealkylation sites (N-methyl/N-ethyl adjacent to an activating group) is 1. The average molecular weight is 262 g/mol. The third kappa shape index (κ3) is 4.30. The van der Waals surface area contributed by atoms with Crippen molar-refractivity contribution < 1.29 is 5.11 Å². The fraction of sp³-hybridized carbons (Fsp3) is 0.625. The molecule has 1 aliphatic rings. The SMILES string of the molecule is Cc1ccc(CN2CCCC(N(C)CCO)C2)cc1. The van der Waals surface area contributed by atoms with Gasteiger partial charge in [0.05, 0.1) is 6.61 Å². The van der Waals surface area contributed by atoms with Crippen molar-refractivity contribution in [3.8, 4) is 0 Å². The van der Waals surface area contributed by atoms with Gasteiger partial charge in [-0.25, -0.2) is 0 Å². The first-order chi connectivity index (χ1) is 9.19. The van der Waals surface area contributed by atoms with Gasteiger partial charge < -0.3 is 5.11 Å². The standard InChI is InChI=1S/C16H26N2O/c1-14-5-7-15(8-6-14)12-18-9-3-4-16(13-18)17(2)10-11-19/h5-8,16,19H,3-4,9-13H2,1-2H3. The van der Waals surface area contributed by atoms with E-state index in [0.717, 1.165) is 19.6 Å². The summed E-state index contributed by atoms with van der Waals surface area (Å²) in [6.45, 7) is 6.52. The van der Waals surface area contributed by atoms with Crippen LogP contribution in [0.2, 0.25) is 0 Å². The minimum atomic E-state index is 0.255. The van der Waals surface area contributed by atoms with Gasteiger partial charge in [-0.15, -0.1) is 0 Å². The molecular formula is C16H26N2O. The van der Waals surface area contributed by atoms with Gasteiger partial charge in [-0.1, -0.05) is 29.8 Å². The van der Waals surface area contributed by atoms with Crippen LogP contribution < -0.4 is 0 Å². The van der Waals surface area contributed by atoms with Crippen molar-refractivity contribution in [3.05, 3.63) is 35.4 Å². The second kappa shape index (κ2) is 7.04. The van der Waals surface area contributed by atoms with E-state index in [4.69, 9.17) is 5.11 Å². The zero-order valence-electron chi connectivity index (χ0n) is 12.2. The quantitative estimate of drug-likeness (QED) is 0.878. The summed E-state index contributed by atoms with van der Waals surface area (Å²) in [7, 11) is 2.12. The molecule has 2 rings (SSSR count). The van der Waals surface area contributed by atoms with Crippen molar-refractivity contribution in [1.82, 2.24) is 9.80 Å². The molecule has 1 unspecified atom stereocenters. The molecule has 1 saturated heterocycles. The number of rotatable bonds is 5. The lowest BCUT2D eigenvalue weighted by atomic mass is 10.0. The van der Waals surface area contributed by atoms with Crippen LogP contribution in [0.3, 0.4) is 0 Å². The summed E-state index contributed by atoms with van der Waals surface area (Å²) < 4.78 is 0. The van der Waals surface area contributed by atoms with Crippen LogP contribution in [-0.4, -0.2) is 54.2 Å². The Bertz CT molecular complexity index is 377. The molecule has 1 atom stereocenters. The summed E-state index contributed by atoms with van der Waals surface area (Å²) in [6, 6.07) is 9.43. The van der Waals surface area contributed by atoms with Crippen molar-refractivity contribution in [3.63, 3.8) is 0 Å². The van der Waals surface area contributed by atoms with Gasteiger partial charge in [0.15, 0.2) is 0 Å². The van der Waals surface area contributed by atoms with Crippen molar-refractivity contribution >= 4 is 0 Å². The predicted octanol–water partition coefficient (Wildman–Crippen LogP) is 1.88. The van der Waals surface area contributed by atoms with E-state index < -0.39 is 0 Å². The van der Waals surface area contributed by atoms with E-state index in [1.807, 2.05) is 0 Å². The third-order valence-electron chi connectivity index (χ3n) is 4.08. The monoisotopic (exact) mass is 262 g/mol. The molecular weight excluding hydrogens is 236 g/mol. The minimum absolute atomic E-state index is 0.255. The first-order valence-electron chi connectivity index (χ1n) is 7.28. The molecule has 0 aliphatic carbocycles. The number of benzene rings is 1. The predicted molar refractivity (Wildman–Crippen MR) is 79.2 cm³/mol. The minimum Gasteiger partial charge on any atom is -0.395 e. The Morgan fingerprint density at radius 2 is 2.05 bits per heavy atom. The summed E-state index contributed by atoms with van der Waals surface area (Å²) in [6.07, 6.45) is 2.51. The van der Waals surface area contributed by atoms with Crippen LogP contribution in [0.25, 0.3) is 0 Å². The highest BCUT2D eigenvalue weighted by molar-refractivity contribution is 5.21. The second-order valence-corrected chi connectivity index (χ2v) is 5.72. The lowest BCUT2D eigenvalue weighted by Crippen LogP contribution is -2.46. The highest BCUT2D eigenvalue weighted by Crippen LogP contribution is 2.17. The van der Waals surface area contributed by atoms with E-state index in [2.05, 4.69) is 48.0 Å². The molecule has 1 N–H and O–H groups in total. The second-order valence-electron chi connectivity index (χ2n) is 5.72. The third-order valence-corrected chi connectivity index (χ3v) is 4.08. The molecule has 19 heavy (non-hydrogen) atoms. The van der Waals surface area contributed by atoms with Crippen molar-refractivity contribution in [1.29, 1.82) is 0 Å². The fourth-order valence-corrected chi connectivity index (χ4v) is 2.83. The van der Waals surface area contributed by atoms with Crippen molar-refractivity contribution in [2.45, 2.75) is 32.4 Å². The summed E-state index contributed by atoms with van der Waals surface area (Å²) in [5, 5.41) is 9.04. The van der Waals surface area contributed by atoms with Gasteiger partial charge in [-0.3, -0.25) is 9.80 Å². The number of aliphatic hydroxyl groups is 1. The molecule has 0 radical (unpaired) electrons. The van der Waals surface area contributed by atoms with Gasteiger partial charge in [-0.05, 0) is 38.9 Å². The molecule has 1 aliphatic heterocycles. The fourth-order valence-electron chi connectivity index (χ4n) is 2.83. The Morgan fingerprint density at radius 3 is 2.74 bits per heavy atom. The van der Waals surface area contributed by atoms with Crippen LogP contribution in [0.1, 0.15) is 24.0 Å². The molecule has 1 fully saturated rings. The number of hydrogen-bond acceptors (Lipinski definition) is 3. The molecule has 0 bridgehead atoms. The van der Waals surface area contributed by atoms with Gasteiger partial charge in [0.1, 0.15) is 0 Å². The molecule has 1 aromatic carbocycles. The van der Waals surface area contributed by atoms with Gasteiger partial charge in [0.2, 0.25) is 0 Å². The van der Waals surface area contributed by atoms with Crippen LogP contribution in [-0.2, 0) is 6.54 Å². The van der Waals surface area contributed by atoms with Gasteiger partial charge >= 0.3 is 0 Å². The Balaban J connectivity index is 1.88. The topological polar surface area (TPSA) is 26.7 Å². The van der Waals surface area contributed by atoms with E-state index >= 15 is 0 Å². The van der Waals surface area contributed by atoms with Crippen LogP contribution in [0.5, 0.6) is 0 Å². The van der Waals surface area contributed by atoms with Crippen LogP contribution in [0.15, 0.2) is 24.3 Å². The first kappa shape index (κ1) is 14.5. The molecule has 1 aromatic rings. The van der Waals surface area contributed by atoms with Crippen molar-refractivity contribution in [2.75, 3.05) is 33.3 Å². The average Bonchev–Trinajstić information content (AvgIpc) is 2.42. The molecule has 0 saturated carbocycles. The number of aryl methyl sites for hydroxylation is 1. The van der Waals surface area contributed by atoms with E-state index in [1.165, 1.54) is 30.5 Å². The summed E-state index contributed by atoms with van der Waals surface area (Å²) in [5.74, 6) is 0. The lowest BCUT2D eigenvalue weighted by Gasteiger charge is -2.37. The highest BCUT2D eigenvalue weighted by Gasteiger charge is 2.22. The Hall–Kier alpha value is -0.900. The molecule has 0 aromatic heterocycles. The molecule has 106 valence electrons. The maximum atomic E-state index is 9.04. The van der Waals surface area contributed by atoms with E-state index in [1.54, 1.807) is 0 Å². The smallest absolute Gasteiger partial charge is 0.0558 e. The Labute approximate surface area is 116 Å². The number of nitrogens with zero attached hydrogens (tertiary/aromatic N) is 2. The van der Waals surface area contributed by atoms with Crippen LogP contribution in [0.4, 0.5) is 0 Å². The van der Waals surface area contributed by atoms with Crippen LogP contribution in [0, 0.1) is 6.92 Å². The van der Waals surface area contributed by atoms with E-state index in [-0.39, 0.29) is 6.61 Å². The first-order valence-corrected chi connectivity index (χ1v) is 7.28. The number of likely N-dealkylation sites (tertiary alicyclic amines) is 1. The molecule has 0 amide bonds. The maximum absolute atomic E-state index is 9.04. The van der Waals surface area contributed by atoms with E-state index in [0.29, 0.717) is 6.04 Å². The van der Waals surface area contributed by atoms with Gasteiger partial charge in [-0.2, -0.15) is 0 Å². The zero-order chi connectivity index (χ0) is 13.7. The number of hydrogen-bond donors (Lipinski definition) is 1.